The molecule has 0 aliphatic rings. The first kappa shape index (κ1) is 27.9. The molecule has 1 aromatic heterocycles. The topological polar surface area (TPSA) is 130 Å². The third-order valence-electron chi connectivity index (χ3n) is 5.33. The molecule has 0 fully saturated rings. The van der Waals surface area contributed by atoms with Gasteiger partial charge in [0, 0.05) is 11.9 Å². The monoisotopic (exact) mass is 561 g/mol. The number of anilines is 2. The number of hydrogen-bond donors (Lipinski definition) is 2. The number of nitrogens with zero attached hydrogens (tertiary/aromatic N) is 3. The minimum atomic E-state index is -4.04. The van der Waals surface area contributed by atoms with E-state index in [1.807, 2.05) is 0 Å². The van der Waals surface area contributed by atoms with E-state index in [4.69, 9.17) is 4.74 Å². The Morgan fingerprint density at radius 1 is 0.925 bits per heavy atom. The van der Waals surface area contributed by atoms with Crippen LogP contribution in [0.1, 0.15) is 5.56 Å². The van der Waals surface area contributed by atoms with Crippen LogP contribution in [0.25, 0.3) is 0 Å². The zero-order valence-electron chi connectivity index (χ0n) is 21.0. The van der Waals surface area contributed by atoms with E-state index < -0.39 is 34.2 Å². The highest BCUT2D eigenvalue weighted by molar-refractivity contribution is 7.92. The molecule has 204 valence electrons. The van der Waals surface area contributed by atoms with Gasteiger partial charge < -0.3 is 10.1 Å². The molecule has 1 heterocycles. The molecule has 2 amide bonds. The number of sulfonamides is 1. The molecular weight excluding hydrogens is 537 g/mol. The van der Waals surface area contributed by atoms with Gasteiger partial charge in [-0.2, -0.15) is 5.10 Å². The van der Waals surface area contributed by atoms with Crippen molar-refractivity contribution >= 4 is 39.4 Å². The fraction of sp³-hybridized carbons (Fsp3) is 0.0714. The summed E-state index contributed by atoms with van der Waals surface area (Å²) in [6.07, 6.45) is 4.23. The van der Waals surface area contributed by atoms with E-state index >= 15 is 0 Å². The Labute approximate surface area is 230 Å². The Bertz CT molecular complexity index is 1570. The third kappa shape index (κ3) is 7.71. The molecule has 10 nitrogen and oxygen atoms in total. The SMILES string of the molecule is O=C(CN(c1cccnc1)S(=O)(=O)c1ccccc1)N/N=C\c1ccc(OCC(=O)Nc2ccc(F)cc2)cc1. The van der Waals surface area contributed by atoms with Crippen LogP contribution in [0.5, 0.6) is 5.75 Å². The van der Waals surface area contributed by atoms with E-state index in [0.29, 0.717) is 17.0 Å². The van der Waals surface area contributed by atoms with Gasteiger partial charge in [-0.1, -0.05) is 18.2 Å². The summed E-state index contributed by atoms with van der Waals surface area (Å²) in [5.41, 5.74) is 3.63. The average Bonchev–Trinajstić information content (AvgIpc) is 2.97. The molecule has 0 bridgehead atoms. The van der Waals surface area contributed by atoms with Crippen LogP contribution in [-0.2, 0) is 19.6 Å². The van der Waals surface area contributed by atoms with Crippen molar-refractivity contribution in [3.63, 3.8) is 0 Å². The second-order valence-corrected chi connectivity index (χ2v) is 10.1. The fourth-order valence-corrected chi connectivity index (χ4v) is 4.84. The molecule has 0 radical (unpaired) electrons. The van der Waals surface area contributed by atoms with Crippen molar-refractivity contribution < 1.29 is 27.1 Å². The number of rotatable bonds is 11. The zero-order valence-corrected chi connectivity index (χ0v) is 21.8. The lowest BCUT2D eigenvalue weighted by molar-refractivity contribution is -0.119. The van der Waals surface area contributed by atoms with E-state index in [2.05, 4.69) is 20.8 Å². The summed E-state index contributed by atoms with van der Waals surface area (Å²) in [5, 5.41) is 6.50. The second-order valence-electron chi connectivity index (χ2n) is 8.24. The van der Waals surface area contributed by atoms with Gasteiger partial charge in [0.1, 0.15) is 18.1 Å². The van der Waals surface area contributed by atoms with Gasteiger partial charge >= 0.3 is 0 Å². The number of aromatic nitrogens is 1. The smallest absolute Gasteiger partial charge is 0.264 e. The highest BCUT2D eigenvalue weighted by Gasteiger charge is 2.27. The van der Waals surface area contributed by atoms with Crippen LogP contribution < -0.4 is 19.8 Å². The normalized spacial score (nSPS) is 11.1. The molecule has 0 aliphatic carbocycles. The van der Waals surface area contributed by atoms with Crippen molar-refractivity contribution in [3.8, 4) is 5.75 Å². The number of carbonyl (C=O) groups is 2. The number of nitrogens with one attached hydrogen (secondary N) is 2. The van der Waals surface area contributed by atoms with Crippen molar-refractivity contribution in [1.29, 1.82) is 0 Å². The van der Waals surface area contributed by atoms with Crippen LogP contribution in [0.2, 0.25) is 0 Å². The predicted molar refractivity (Wildman–Crippen MR) is 148 cm³/mol. The van der Waals surface area contributed by atoms with Gasteiger partial charge in [-0.15, -0.1) is 0 Å². The van der Waals surface area contributed by atoms with E-state index in [9.17, 15) is 22.4 Å². The highest BCUT2D eigenvalue weighted by atomic mass is 32.2. The minimum Gasteiger partial charge on any atom is -0.484 e. The first-order chi connectivity index (χ1) is 19.3. The molecule has 0 aliphatic heterocycles. The van der Waals surface area contributed by atoms with E-state index in [0.717, 1.165) is 4.31 Å². The standard InChI is InChI=1S/C28H24FN5O5S/c29-22-10-12-23(13-11-22)32-28(36)20-39-25-14-8-21(9-15-25)17-31-33-27(35)19-34(24-5-4-16-30-18-24)40(37,38)26-6-2-1-3-7-26/h1-18H,19-20H2,(H,32,36)(H,33,35)/b31-17-. The average molecular weight is 562 g/mol. The molecule has 0 unspecified atom stereocenters. The van der Waals surface area contributed by atoms with Gasteiger partial charge in [0.25, 0.3) is 21.8 Å². The molecular formula is C28H24FN5O5S. The Morgan fingerprint density at radius 3 is 2.33 bits per heavy atom. The van der Waals surface area contributed by atoms with Crippen LogP contribution in [0, 0.1) is 5.82 Å². The number of halogens is 1. The zero-order chi connectivity index (χ0) is 28.4. The van der Waals surface area contributed by atoms with Crippen molar-refractivity contribution in [2.24, 2.45) is 5.10 Å². The van der Waals surface area contributed by atoms with Gasteiger partial charge in [0.2, 0.25) is 0 Å². The van der Waals surface area contributed by atoms with Gasteiger partial charge in [-0.05, 0) is 78.4 Å². The molecule has 0 saturated carbocycles. The maximum Gasteiger partial charge on any atom is 0.264 e. The largest absolute Gasteiger partial charge is 0.484 e. The van der Waals surface area contributed by atoms with Crippen LogP contribution in [0.15, 0.2) is 113 Å². The van der Waals surface area contributed by atoms with Gasteiger partial charge in [-0.3, -0.25) is 18.9 Å². The summed E-state index contributed by atoms with van der Waals surface area (Å²) >= 11 is 0. The summed E-state index contributed by atoms with van der Waals surface area (Å²) in [6.45, 7) is -0.771. The van der Waals surface area contributed by atoms with Crippen molar-refractivity contribution in [3.05, 3.63) is 115 Å². The summed E-state index contributed by atoms with van der Waals surface area (Å²) in [6, 6.07) is 22.8. The molecule has 4 aromatic rings. The maximum atomic E-state index is 13.2. The Morgan fingerprint density at radius 2 is 1.65 bits per heavy atom. The lowest BCUT2D eigenvalue weighted by Gasteiger charge is -2.23. The molecule has 0 atom stereocenters. The van der Waals surface area contributed by atoms with E-state index in [-0.39, 0.29) is 17.2 Å². The first-order valence-electron chi connectivity index (χ1n) is 11.9. The summed E-state index contributed by atoms with van der Waals surface area (Å²) in [4.78, 5) is 28.6. The predicted octanol–water partition coefficient (Wildman–Crippen LogP) is 3.58. The molecule has 2 N–H and O–H groups in total. The van der Waals surface area contributed by atoms with Gasteiger partial charge in [-0.25, -0.2) is 18.2 Å². The molecule has 40 heavy (non-hydrogen) atoms. The lowest BCUT2D eigenvalue weighted by Crippen LogP contribution is -2.39. The number of benzene rings is 3. The number of carbonyl (C=O) groups excluding carboxylic acids is 2. The maximum absolute atomic E-state index is 13.2. The minimum absolute atomic E-state index is 0.0328. The van der Waals surface area contributed by atoms with Crippen LogP contribution >= 0.6 is 0 Å². The fourth-order valence-electron chi connectivity index (χ4n) is 3.41. The van der Waals surface area contributed by atoms with E-state index in [1.54, 1.807) is 54.6 Å². The number of hydrogen-bond acceptors (Lipinski definition) is 7. The van der Waals surface area contributed by atoms with Crippen LogP contribution in [0.4, 0.5) is 15.8 Å². The van der Waals surface area contributed by atoms with Crippen molar-refractivity contribution in [1.82, 2.24) is 10.4 Å². The quantitative estimate of drug-likeness (QED) is 0.213. The second kappa shape index (κ2) is 13.1. The molecule has 3 aromatic carbocycles. The first-order valence-corrected chi connectivity index (χ1v) is 13.3. The molecule has 4 rings (SSSR count). The molecule has 12 heteroatoms. The van der Waals surface area contributed by atoms with Crippen molar-refractivity contribution in [2.45, 2.75) is 4.90 Å². The Hall–Kier alpha value is -5.10. The number of ether oxygens (including phenoxy) is 1. The third-order valence-corrected chi connectivity index (χ3v) is 7.12. The van der Waals surface area contributed by atoms with Crippen LogP contribution in [0.3, 0.4) is 0 Å². The van der Waals surface area contributed by atoms with Crippen LogP contribution in [-0.4, -0.2) is 44.6 Å². The number of pyridine rings is 1. The van der Waals surface area contributed by atoms with Gasteiger partial charge in [0.15, 0.2) is 6.61 Å². The summed E-state index contributed by atoms with van der Waals surface area (Å²) in [5.74, 6) is -1.05. The lowest BCUT2D eigenvalue weighted by atomic mass is 10.2. The van der Waals surface area contributed by atoms with Crippen molar-refractivity contribution in [2.75, 3.05) is 22.8 Å². The summed E-state index contributed by atoms with van der Waals surface area (Å²) in [7, 11) is -4.04. The number of hydrazone groups is 1. The highest BCUT2D eigenvalue weighted by Crippen LogP contribution is 2.22. The Kier molecular flexibility index (Phi) is 9.15. The number of amides is 2. The molecule has 0 saturated heterocycles. The summed E-state index contributed by atoms with van der Waals surface area (Å²) < 4.78 is 45.8. The van der Waals surface area contributed by atoms with E-state index in [1.165, 1.54) is 55.0 Å². The van der Waals surface area contributed by atoms with Gasteiger partial charge in [0.05, 0.1) is 23.0 Å². The Balaban J connectivity index is 1.31. The molecule has 0 spiro atoms.